The largest absolute Gasteiger partial charge is 0.349 e. The number of hydrogen-bond acceptors (Lipinski definition) is 5. The maximum absolute atomic E-state index is 13.0. The maximum Gasteiger partial charge on any atom is 0.248 e. The lowest BCUT2D eigenvalue weighted by Crippen LogP contribution is -2.09. The molecule has 0 atom stereocenters. The third-order valence-corrected chi connectivity index (χ3v) is 4.04. The second-order valence-electron chi connectivity index (χ2n) is 4.72. The van der Waals surface area contributed by atoms with Crippen molar-refractivity contribution in [2.45, 2.75) is 13.5 Å². The van der Waals surface area contributed by atoms with Gasteiger partial charge in [0.15, 0.2) is 0 Å². The van der Waals surface area contributed by atoms with Gasteiger partial charge in [-0.25, -0.2) is 4.98 Å². The van der Waals surface area contributed by atoms with Crippen LogP contribution >= 0.6 is 23.2 Å². The van der Waals surface area contributed by atoms with Gasteiger partial charge < -0.3 is 5.32 Å². The van der Waals surface area contributed by atoms with E-state index in [2.05, 4.69) is 25.8 Å². The lowest BCUT2D eigenvalue weighted by molar-refractivity contribution is 0.578. The van der Waals surface area contributed by atoms with E-state index in [1.165, 1.54) is 10.7 Å². The molecule has 0 unspecified atom stereocenters. The van der Waals surface area contributed by atoms with Crippen molar-refractivity contribution in [1.29, 1.82) is 0 Å². The highest BCUT2D eigenvalue weighted by molar-refractivity contribution is 6.43. The molecule has 2 heterocycles. The van der Waals surface area contributed by atoms with Crippen LogP contribution in [-0.4, -0.2) is 25.2 Å². The number of rotatable bonds is 4. The molecule has 6 nitrogen and oxygen atoms in total. The predicted molar refractivity (Wildman–Crippen MR) is 85.4 cm³/mol. The number of halogens is 3. The lowest BCUT2D eigenvalue weighted by Gasteiger charge is -2.10. The molecule has 0 aliphatic heterocycles. The highest BCUT2D eigenvalue weighted by Crippen LogP contribution is 2.29. The number of hydrogen-bond donors (Lipinski definition) is 1. The molecule has 0 bridgehead atoms. The second kappa shape index (κ2) is 6.47. The van der Waals surface area contributed by atoms with E-state index in [0.29, 0.717) is 33.9 Å². The van der Waals surface area contributed by atoms with Crippen LogP contribution in [-0.2, 0) is 6.54 Å². The maximum atomic E-state index is 13.0. The Morgan fingerprint density at radius 3 is 2.83 bits per heavy atom. The van der Waals surface area contributed by atoms with Crippen LogP contribution in [0.5, 0.6) is 0 Å². The number of pyridine rings is 1. The average Bonchev–Trinajstić information content (AvgIpc) is 2.97. The topological polar surface area (TPSA) is 68.5 Å². The SMILES string of the molecule is Cc1nc(F)ccc1CNc1nnnn1-c1cccc(Cl)c1Cl. The fourth-order valence-corrected chi connectivity index (χ4v) is 2.41. The van der Waals surface area contributed by atoms with Gasteiger partial charge in [-0.05, 0) is 41.1 Å². The Labute approximate surface area is 141 Å². The van der Waals surface area contributed by atoms with Gasteiger partial charge in [0.1, 0.15) is 0 Å². The minimum atomic E-state index is -0.512. The molecule has 23 heavy (non-hydrogen) atoms. The fourth-order valence-electron chi connectivity index (χ4n) is 2.04. The van der Waals surface area contributed by atoms with Crippen molar-refractivity contribution in [2.24, 2.45) is 0 Å². The summed E-state index contributed by atoms with van der Waals surface area (Å²) in [6, 6.07) is 8.15. The summed E-state index contributed by atoms with van der Waals surface area (Å²) in [7, 11) is 0. The summed E-state index contributed by atoms with van der Waals surface area (Å²) >= 11 is 12.2. The van der Waals surface area contributed by atoms with E-state index >= 15 is 0 Å². The van der Waals surface area contributed by atoms with Gasteiger partial charge in [0.25, 0.3) is 0 Å². The van der Waals surface area contributed by atoms with Gasteiger partial charge in [-0.2, -0.15) is 9.07 Å². The number of benzene rings is 1. The summed E-state index contributed by atoms with van der Waals surface area (Å²) in [5.74, 6) is -0.125. The summed E-state index contributed by atoms with van der Waals surface area (Å²) in [6.07, 6.45) is 0. The molecule has 0 spiro atoms. The Bertz CT molecular complexity index is 851. The Balaban J connectivity index is 1.85. The van der Waals surface area contributed by atoms with E-state index in [9.17, 15) is 4.39 Å². The van der Waals surface area contributed by atoms with Crippen molar-refractivity contribution in [3.63, 3.8) is 0 Å². The molecule has 1 aromatic carbocycles. The van der Waals surface area contributed by atoms with Gasteiger partial charge in [0.05, 0.1) is 15.7 Å². The standard InChI is InChI=1S/C14H11Cl2FN6/c1-8-9(5-6-12(17)19-8)7-18-14-20-21-22-23(14)11-4-2-3-10(15)13(11)16/h2-6H,7H2,1H3,(H,18,20,22). The summed E-state index contributed by atoms with van der Waals surface area (Å²) in [5.41, 5.74) is 1.98. The molecular formula is C14H11Cl2FN6. The first kappa shape index (κ1) is 15.6. The molecular weight excluding hydrogens is 342 g/mol. The highest BCUT2D eigenvalue weighted by atomic mass is 35.5. The van der Waals surface area contributed by atoms with Crippen LogP contribution in [0, 0.1) is 12.9 Å². The number of aryl methyl sites for hydroxylation is 1. The van der Waals surface area contributed by atoms with Crippen molar-refractivity contribution in [1.82, 2.24) is 25.2 Å². The Hall–Kier alpha value is -2.25. The Kier molecular flexibility index (Phi) is 4.40. The fraction of sp³-hybridized carbons (Fsp3) is 0.143. The molecule has 0 saturated carbocycles. The molecule has 0 amide bonds. The van der Waals surface area contributed by atoms with Gasteiger partial charge in [-0.15, -0.1) is 0 Å². The third-order valence-electron chi connectivity index (χ3n) is 3.23. The smallest absolute Gasteiger partial charge is 0.248 e. The van der Waals surface area contributed by atoms with Crippen molar-refractivity contribution in [3.05, 3.63) is 57.6 Å². The molecule has 9 heteroatoms. The van der Waals surface area contributed by atoms with E-state index in [4.69, 9.17) is 23.2 Å². The summed E-state index contributed by atoms with van der Waals surface area (Å²) in [6.45, 7) is 2.12. The zero-order chi connectivity index (χ0) is 16.4. The van der Waals surface area contributed by atoms with Crippen LogP contribution in [0.15, 0.2) is 30.3 Å². The van der Waals surface area contributed by atoms with Gasteiger partial charge in [-0.3, -0.25) is 0 Å². The quantitative estimate of drug-likeness (QED) is 0.728. The normalized spacial score (nSPS) is 10.8. The van der Waals surface area contributed by atoms with Crippen molar-refractivity contribution >= 4 is 29.2 Å². The van der Waals surface area contributed by atoms with Gasteiger partial charge in [0, 0.05) is 12.2 Å². The summed E-state index contributed by atoms with van der Waals surface area (Å²) in [5, 5.41) is 15.3. The van der Waals surface area contributed by atoms with E-state index in [-0.39, 0.29) is 0 Å². The minimum absolute atomic E-state index is 0.351. The van der Waals surface area contributed by atoms with Crippen LogP contribution in [0.4, 0.5) is 10.3 Å². The molecule has 0 fully saturated rings. The zero-order valence-corrected chi connectivity index (χ0v) is 13.5. The van der Waals surface area contributed by atoms with Crippen LogP contribution < -0.4 is 5.32 Å². The Morgan fingerprint density at radius 1 is 1.22 bits per heavy atom. The Morgan fingerprint density at radius 2 is 2.04 bits per heavy atom. The number of tetrazole rings is 1. The number of aromatic nitrogens is 5. The van der Waals surface area contributed by atoms with Crippen molar-refractivity contribution in [2.75, 3.05) is 5.32 Å². The molecule has 0 aliphatic rings. The number of anilines is 1. The molecule has 0 saturated heterocycles. The van der Waals surface area contributed by atoms with E-state index in [1.807, 2.05) is 0 Å². The molecule has 0 radical (unpaired) electrons. The zero-order valence-electron chi connectivity index (χ0n) is 12.0. The van der Waals surface area contributed by atoms with Gasteiger partial charge in [0.2, 0.25) is 11.9 Å². The van der Waals surface area contributed by atoms with Gasteiger partial charge >= 0.3 is 0 Å². The van der Waals surface area contributed by atoms with Crippen LogP contribution in [0.3, 0.4) is 0 Å². The lowest BCUT2D eigenvalue weighted by atomic mass is 10.2. The van der Waals surface area contributed by atoms with E-state index in [1.54, 1.807) is 31.2 Å². The molecule has 3 aromatic rings. The summed E-state index contributed by atoms with van der Waals surface area (Å²) < 4.78 is 14.5. The third kappa shape index (κ3) is 3.25. The van der Waals surface area contributed by atoms with E-state index < -0.39 is 5.95 Å². The number of nitrogens with one attached hydrogen (secondary N) is 1. The average molecular weight is 353 g/mol. The first-order valence-electron chi connectivity index (χ1n) is 6.65. The summed E-state index contributed by atoms with van der Waals surface area (Å²) in [4.78, 5) is 3.78. The minimum Gasteiger partial charge on any atom is -0.349 e. The van der Waals surface area contributed by atoms with Crippen molar-refractivity contribution < 1.29 is 4.39 Å². The van der Waals surface area contributed by atoms with Gasteiger partial charge in [-0.1, -0.05) is 40.4 Å². The first-order valence-corrected chi connectivity index (χ1v) is 7.40. The molecule has 1 N–H and O–H groups in total. The molecule has 0 aliphatic carbocycles. The highest BCUT2D eigenvalue weighted by Gasteiger charge is 2.13. The molecule has 3 rings (SSSR count). The molecule has 118 valence electrons. The second-order valence-corrected chi connectivity index (χ2v) is 5.50. The monoisotopic (exact) mass is 352 g/mol. The number of nitrogens with zero attached hydrogens (tertiary/aromatic N) is 5. The van der Waals surface area contributed by atoms with Crippen molar-refractivity contribution in [3.8, 4) is 5.69 Å². The predicted octanol–water partition coefficient (Wildman–Crippen LogP) is 3.42. The van der Waals surface area contributed by atoms with Crippen LogP contribution in [0.1, 0.15) is 11.3 Å². The molecule has 2 aromatic heterocycles. The van der Waals surface area contributed by atoms with Crippen LogP contribution in [0.2, 0.25) is 10.0 Å². The van der Waals surface area contributed by atoms with E-state index in [0.717, 1.165) is 5.56 Å². The van der Waals surface area contributed by atoms with Crippen LogP contribution in [0.25, 0.3) is 5.69 Å². The first-order chi connectivity index (χ1) is 11.1.